The average molecular weight is 234 g/mol. The van der Waals surface area contributed by atoms with Gasteiger partial charge in [-0.15, -0.1) is 0 Å². The lowest BCUT2D eigenvalue weighted by atomic mass is 10.2. The van der Waals surface area contributed by atoms with Crippen LogP contribution >= 0.6 is 0 Å². The van der Waals surface area contributed by atoms with Crippen LogP contribution in [0.25, 0.3) is 0 Å². The number of nitrogens with one attached hydrogen (secondary N) is 1. The van der Waals surface area contributed by atoms with Gasteiger partial charge >= 0.3 is 0 Å². The van der Waals surface area contributed by atoms with E-state index in [9.17, 15) is 0 Å². The zero-order chi connectivity index (χ0) is 12.5. The van der Waals surface area contributed by atoms with Crippen LogP contribution in [0.4, 0.5) is 0 Å². The predicted octanol–water partition coefficient (Wildman–Crippen LogP) is 1.74. The fourth-order valence-corrected chi connectivity index (χ4v) is 1.59. The van der Waals surface area contributed by atoms with Gasteiger partial charge in [-0.3, -0.25) is 10.4 Å². The molecule has 0 bridgehead atoms. The maximum atomic E-state index is 5.52. The zero-order valence-corrected chi connectivity index (χ0v) is 10.7. The molecule has 1 aromatic rings. The molecule has 94 valence electrons. The standard InChI is InChI=1S/C13H22N4/c1-3-10-15-13(16-14)17(4-2)11-12-8-6-5-7-9-12/h5-9H,3-4,10-11,14H2,1-2H3,(H,15,16). The van der Waals surface area contributed by atoms with Gasteiger partial charge in [-0.25, -0.2) is 5.84 Å². The van der Waals surface area contributed by atoms with Gasteiger partial charge in [-0.1, -0.05) is 37.3 Å². The lowest BCUT2D eigenvalue weighted by Gasteiger charge is -2.24. The molecule has 0 heterocycles. The highest BCUT2D eigenvalue weighted by molar-refractivity contribution is 5.79. The van der Waals surface area contributed by atoms with Crippen LogP contribution in [-0.2, 0) is 6.54 Å². The Bertz CT molecular complexity index is 335. The van der Waals surface area contributed by atoms with Crippen LogP contribution in [0.2, 0.25) is 0 Å². The fourth-order valence-electron chi connectivity index (χ4n) is 1.59. The van der Waals surface area contributed by atoms with E-state index < -0.39 is 0 Å². The molecule has 17 heavy (non-hydrogen) atoms. The maximum Gasteiger partial charge on any atom is 0.208 e. The number of guanidine groups is 1. The summed E-state index contributed by atoms with van der Waals surface area (Å²) in [4.78, 5) is 6.56. The Morgan fingerprint density at radius 3 is 2.53 bits per heavy atom. The third-order valence-electron chi connectivity index (χ3n) is 2.51. The van der Waals surface area contributed by atoms with Gasteiger partial charge in [-0.05, 0) is 18.9 Å². The molecule has 1 rings (SSSR count). The minimum atomic E-state index is 0.762. The van der Waals surface area contributed by atoms with Crippen molar-refractivity contribution in [2.45, 2.75) is 26.8 Å². The van der Waals surface area contributed by atoms with Crippen LogP contribution in [0, 0.1) is 0 Å². The summed E-state index contributed by atoms with van der Waals surface area (Å²) in [5.74, 6) is 6.28. The largest absolute Gasteiger partial charge is 0.338 e. The molecule has 0 fully saturated rings. The highest BCUT2D eigenvalue weighted by Crippen LogP contribution is 2.04. The predicted molar refractivity (Wildman–Crippen MR) is 72.4 cm³/mol. The van der Waals surface area contributed by atoms with E-state index in [1.807, 2.05) is 18.2 Å². The molecular formula is C13H22N4. The van der Waals surface area contributed by atoms with Gasteiger partial charge in [0.15, 0.2) is 0 Å². The maximum absolute atomic E-state index is 5.52. The van der Waals surface area contributed by atoms with E-state index >= 15 is 0 Å². The molecular weight excluding hydrogens is 212 g/mol. The molecule has 0 saturated heterocycles. The lowest BCUT2D eigenvalue weighted by molar-refractivity contribution is 0.417. The molecule has 0 aliphatic carbocycles. The van der Waals surface area contributed by atoms with Gasteiger partial charge in [0.1, 0.15) is 0 Å². The second kappa shape index (κ2) is 7.68. The highest BCUT2D eigenvalue weighted by Gasteiger charge is 2.08. The summed E-state index contributed by atoms with van der Waals surface area (Å²) in [6.07, 6.45) is 1.02. The van der Waals surface area contributed by atoms with Crippen molar-refractivity contribution in [3.05, 3.63) is 35.9 Å². The van der Waals surface area contributed by atoms with Crippen molar-refractivity contribution < 1.29 is 0 Å². The molecule has 0 aliphatic rings. The van der Waals surface area contributed by atoms with E-state index in [4.69, 9.17) is 5.84 Å². The average Bonchev–Trinajstić information content (AvgIpc) is 2.39. The Hall–Kier alpha value is -1.55. The van der Waals surface area contributed by atoms with E-state index in [0.717, 1.165) is 32.0 Å². The number of hydrogen-bond acceptors (Lipinski definition) is 2. The molecule has 1 aromatic carbocycles. The summed E-state index contributed by atoms with van der Waals surface area (Å²) in [5, 5.41) is 0. The molecule has 4 heteroatoms. The first-order valence-corrected chi connectivity index (χ1v) is 6.11. The van der Waals surface area contributed by atoms with E-state index in [2.05, 4.69) is 41.3 Å². The van der Waals surface area contributed by atoms with Crippen molar-refractivity contribution in [3.8, 4) is 0 Å². The van der Waals surface area contributed by atoms with Crippen LogP contribution in [0.5, 0.6) is 0 Å². The molecule has 0 unspecified atom stereocenters. The topological polar surface area (TPSA) is 53.6 Å². The van der Waals surface area contributed by atoms with Crippen molar-refractivity contribution >= 4 is 5.96 Å². The Balaban J connectivity index is 2.70. The number of nitrogens with two attached hydrogens (primary N) is 1. The Kier molecular flexibility index (Phi) is 6.10. The van der Waals surface area contributed by atoms with E-state index in [1.165, 1.54) is 5.56 Å². The van der Waals surface area contributed by atoms with Gasteiger partial charge in [0.2, 0.25) is 5.96 Å². The second-order valence-corrected chi connectivity index (χ2v) is 3.85. The highest BCUT2D eigenvalue weighted by atomic mass is 15.4. The normalized spacial score (nSPS) is 11.4. The van der Waals surface area contributed by atoms with Crippen LogP contribution in [0.15, 0.2) is 35.3 Å². The van der Waals surface area contributed by atoms with Crippen LogP contribution in [0.1, 0.15) is 25.8 Å². The first-order valence-electron chi connectivity index (χ1n) is 6.11. The van der Waals surface area contributed by atoms with Crippen LogP contribution in [0.3, 0.4) is 0 Å². The molecule has 4 nitrogen and oxygen atoms in total. The smallest absolute Gasteiger partial charge is 0.208 e. The third kappa shape index (κ3) is 4.44. The Morgan fingerprint density at radius 1 is 1.29 bits per heavy atom. The molecule has 0 amide bonds. The van der Waals surface area contributed by atoms with Gasteiger partial charge in [0.25, 0.3) is 0 Å². The van der Waals surface area contributed by atoms with Crippen molar-refractivity contribution in [3.63, 3.8) is 0 Å². The zero-order valence-electron chi connectivity index (χ0n) is 10.7. The summed E-state index contributed by atoms with van der Waals surface area (Å²) < 4.78 is 0. The van der Waals surface area contributed by atoms with Crippen LogP contribution in [-0.4, -0.2) is 23.9 Å². The number of hydrogen-bond donors (Lipinski definition) is 2. The van der Waals surface area contributed by atoms with Crippen molar-refractivity contribution in [1.29, 1.82) is 0 Å². The summed E-state index contributed by atoms with van der Waals surface area (Å²) in [6, 6.07) is 10.3. The molecule has 0 spiro atoms. The number of benzene rings is 1. The minimum absolute atomic E-state index is 0.762. The SMILES string of the molecule is CCCN=C(NN)N(CC)Cc1ccccc1. The number of aliphatic imine (C=N–C) groups is 1. The second-order valence-electron chi connectivity index (χ2n) is 3.85. The Morgan fingerprint density at radius 2 is 2.00 bits per heavy atom. The summed E-state index contributed by atoms with van der Waals surface area (Å²) in [7, 11) is 0. The van der Waals surface area contributed by atoms with Gasteiger partial charge in [-0.2, -0.15) is 0 Å². The van der Waals surface area contributed by atoms with E-state index in [0.29, 0.717) is 0 Å². The van der Waals surface area contributed by atoms with Gasteiger partial charge < -0.3 is 4.90 Å². The fraction of sp³-hybridized carbons (Fsp3) is 0.462. The summed E-state index contributed by atoms with van der Waals surface area (Å²) >= 11 is 0. The molecule has 0 aliphatic heterocycles. The first kappa shape index (κ1) is 13.5. The summed E-state index contributed by atoms with van der Waals surface area (Å²) in [5.41, 5.74) is 3.94. The number of hydrazine groups is 1. The van der Waals surface area contributed by atoms with Crippen LogP contribution < -0.4 is 11.3 Å². The summed E-state index contributed by atoms with van der Waals surface area (Å²) in [6.45, 7) is 6.70. The van der Waals surface area contributed by atoms with Crippen molar-refractivity contribution in [2.75, 3.05) is 13.1 Å². The molecule has 3 N–H and O–H groups in total. The molecule has 0 aromatic heterocycles. The van der Waals surface area contributed by atoms with E-state index in [-0.39, 0.29) is 0 Å². The molecule has 0 saturated carbocycles. The lowest BCUT2D eigenvalue weighted by Crippen LogP contribution is -2.44. The monoisotopic (exact) mass is 234 g/mol. The third-order valence-corrected chi connectivity index (χ3v) is 2.51. The first-order chi connectivity index (χ1) is 8.31. The minimum Gasteiger partial charge on any atom is -0.338 e. The van der Waals surface area contributed by atoms with Crippen molar-refractivity contribution in [2.24, 2.45) is 10.8 Å². The quantitative estimate of drug-likeness (QED) is 0.353. The molecule has 0 radical (unpaired) electrons. The molecule has 0 atom stereocenters. The Labute approximate surface area is 104 Å². The van der Waals surface area contributed by atoms with Gasteiger partial charge in [0.05, 0.1) is 0 Å². The number of nitrogens with zero attached hydrogens (tertiary/aromatic N) is 2. The van der Waals surface area contributed by atoms with E-state index in [1.54, 1.807) is 0 Å². The van der Waals surface area contributed by atoms with Gasteiger partial charge in [0, 0.05) is 19.6 Å². The number of rotatable bonds is 5. The van der Waals surface area contributed by atoms with Crippen molar-refractivity contribution in [1.82, 2.24) is 10.3 Å².